The van der Waals surface area contributed by atoms with Crippen molar-refractivity contribution < 1.29 is 0 Å². The van der Waals surface area contributed by atoms with E-state index in [-0.39, 0.29) is 0 Å². The fourth-order valence-electron chi connectivity index (χ4n) is 3.50. The van der Waals surface area contributed by atoms with Crippen LogP contribution in [0, 0.1) is 0 Å². The van der Waals surface area contributed by atoms with E-state index in [9.17, 15) is 0 Å². The molecule has 0 aromatic rings. The molecule has 1 aliphatic rings. The molecule has 3 heteroatoms. The lowest BCUT2D eigenvalue weighted by Gasteiger charge is -2.22. The molecular weight excluding hydrogens is 306 g/mol. The summed E-state index contributed by atoms with van der Waals surface area (Å²) < 4.78 is 0. The van der Waals surface area contributed by atoms with Crippen LogP contribution in [0.25, 0.3) is 0 Å². The highest BCUT2D eigenvalue weighted by Gasteiger charge is 2.13. The highest BCUT2D eigenvalue weighted by atomic mass is 15.2. The second-order valence-corrected chi connectivity index (χ2v) is 7.52. The first-order chi connectivity index (χ1) is 12.4. The average Bonchev–Trinajstić information content (AvgIpc) is 3.16. The minimum absolute atomic E-state index is 0.341. The molecule has 1 atom stereocenters. The Morgan fingerprint density at radius 2 is 1.48 bits per heavy atom. The first-order valence-corrected chi connectivity index (χ1v) is 11.0. The molecule has 2 N–H and O–H groups in total. The number of rotatable bonds is 17. The summed E-state index contributed by atoms with van der Waals surface area (Å²) in [6.07, 6.45) is 26.2. The number of allylic oxidation sites excluding steroid dienone is 1. The van der Waals surface area contributed by atoms with Gasteiger partial charge in [0.1, 0.15) is 0 Å². The van der Waals surface area contributed by atoms with Crippen molar-refractivity contribution in [2.45, 2.75) is 103 Å². The van der Waals surface area contributed by atoms with Gasteiger partial charge in [-0.25, -0.2) is 0 Å². The first-order valence-electron chi connectivity index (χ1n) is 11.0. The Morgan fingerprint density at radius 3 is 1.96 bits per heavy atom. The van der Waals surface area contributed by atoms with E-state index in [2.05, 4.69) is 29.0 Å². The Labute approximate surface area is 157 Å². The van der Waals surface area contributed by atoms with Crippen molar-refractivity contribution in [1.82, 2.24) is 4.90 Å². The molecule has 1 unspecified atom stereocenters. The zero-order chi connectivity index (χ0) is 18.0. The van der Waals surface area contributed by atoms with Crippen molar-refractivity contribution in [3.05, 3.63) is 12.2 Å². The summed E-state index contributed by atoms with van der Waals surface area (Å²) in [5, 5.41) is 0. The van der Waals surface area contributed by atoms with E-state index in [1.165, 1.54) is 89.9 Å². The summed E-state index contributed by atoms with van der Waals surface area (Å²) in [5.74, 6) is 0. The van der Waals surface area contributed by atoms with Gasteiger partial charge in [0.2, 0.25) is 0 Å². The van der Waals surface area contributed by atoms with Gasteiger partial charge in [-0.05, 0) is 12.8 Å². The van der Waals surface area contributed by atoms with Crippen LogP contribution < -0.4 is 5.73 Å². The fourth-order valence-corrected chi connectivity index (χ4v) is 3.50. The molecule has 0 bridgehead atoms. The summed E-state index contributed by atoms with van der Waals surface area (Å²) in [6, 6.07) is 0.341. The van der Waals surface area contributed by atoms with Gasteiger partial charge in [0, 0.05) is 13.1 Å². The van der Waals surface area contributed by atoms with E-state index >= 15 is 0 Å². The molecule has 0 fully saturated rings. The first kappa shape index (κ1) is 22.2. The van der Waals surface area contributed by atoms with Gasteiger partial charge in [-0.3, -0.25) is 4.99 Å². The molecule has 3 nitrogen and oxygen atoms in total. The number of unbranched alkanes of at least 4 members (excludes halogenated alkanes) is 13. The van der Waals surface area contributed by atoms with Crippen molar-refractivity contribution in [2.24, 2.45) is 10.7 Å². The van der Waals surface area contributed by atoms with Gasteiger partial charge in [-0.15, -0.1) is 0 Å². The molecule has 146 valence electrons. The lowest BCUT2D eigenvalue weighted by Crippen LogP contribution is -2.37. The van der Waals surface area contributed by atoms with Gasteiger partial charge in [-0.2, -0.15) is 0 Å². The maximum absolute atomic E-state index is 5.86. The molecule has 0 aromatic heterocycles. The second kappa shape index (κ2) is 16.6. The Bertz CT molecular complexity index is 338. The molecule has 0 radical (unpaired) electrons. The van der Waals surface area contributed by atoms with E-state index in [0.717, 1.165) is 13.1 Å². The lowest BCUT2D eigenvalue weighted by molar-refractivity contribution is 0.403. The number of nitrogens with zero attached hydrogens (tertiary/aromatic N) is 2. The van der Waals surface area contributed by atoms with Gasteiger partial charge in [0.15, 0.2) is 0 Å². The van der Waals surface area contributed by atoms with Crippen molar-refractivity contribution >= 4 is 6.34 Å². The lowest BCUT2D eigenvalue weighted by atomic mass is 10.0. The summed E-state index contributed by atoms with van der Waals surface area (Å²) in [7, 11) is 0. The van der Waals surface area contributed by atoms with E-state index in [1.807, 2.05) is 6.34 Å². The summed E-state index contributed by atoms with van der Waals surface area (Å²) in [5.41, 5.74) is 5.86. The molecule has 1 heterocycles. The van der Waals surface area contributed by atoms with Crippen LogP contribution in [-0.2, 0) is 0 Å². The highest BCUT2D eigenvalue weighted by Crippen LogP contribution is 2.13. The summed E-state index contributed by atoms with van der Waals surface area (Å²) in [6.45, 7) is 4.91. The normalized spacial score (nSPS) is 15.5. The quantitative estimate of drug-likeness (QED) is 0.270. The van der Waals surface area contributed by atoms with Crippen LogP contribution in [0.4, 0.5) is 0 Å². The van der Waals surface area contributed by atoms with Gasteiger partial charge in [0.25, 0.3) is 0 Å². The second-order valence-electron chi connectivity index (χ2n) is 7.52. The Balaban J connectivity index is 1.82. The smallest absolute Gasteiger partial charge is 0.0856 e. The van der Waals surface area contributed by atoms with Crippen LogP contribution in [0.15, 0.2) is 17.1 Å². The third kappa shape index (κ3) is 12.2. The van der Waals surface area contributed by atoms with Crippen LogP contribution >= 0.6 is 0 Å². The van der Waals surface area contributed by atoms with Gasteiger partial charge < -0.3 is 10.6 Å². The molecule has 0 amide bonds. The molecule has 0 saturated carbocycles. The minimum atomic E-state index is 0.341. The van der Waals surface area contributed by atoms with Crippen LogP contribution in [0.1, 0.15) is 96.8 Å². The molecule has 0 saturated heterocycles. The zero-order valence-electron chi connectivity index (χ0n) is 16.8. The standard InChI is InChI=1S/C22H43N3/c1-2-3-4-5-6-7-8-9-10-11-12-13-14-15-16-17-22(20-23)25-19-18-24-21-25/h16-17,21-22H,2-15,18-20,23H2,1H3/b17-16+. The average molecular weight is 350 g/mol. The van der Waals surface area contributed by atoms with Crippen LogP contribution in [0.3, 0.4) is 0 Å². The third-order valence-corrected chi connectivity index (χ3v) is 5.22. The Hall–Kier alpha value is -0.830. The molecule has 1 rings (SSSR count). The van der Waals surface area contributed by atoms with Crippen molar-refractivity contribution in [3.63, 3.8) is 0 Å². The van der Waals surface area contributed by atoms with E-state index in [1.54, 1.807) is 0 Å². The van der Waals surface area contributed by atoms with Crippen LogP contribution in [-0.4, -0.2) is 36.9 Å². The zero-order valence-corrected chi connectivity index (χ0v) is 16.8. The van der Waals surface area contributed by atoms with E-state index in [0.29, 0.717) is 12.6 Å². The predicted octanol–water partition coefficient (Wildman–Crippen LogP) is 5.70. The van der Waals surface area contributed by atoms with Crippen molar-refractivity contribution in [2.75, 3.05) is 19.6 Å². The van der Waals surface area contributed by atoms with Crippen molar-refractivity contribution in [1.29, 1.82) is 0 Å². The number of nitrogens with two attached hydrogens (primary N) is 1. The third-order valence-electron chi connectivity index (χ3n) is 5.22. The largest absolute Gasteiger partial charge is 0.353 e. The topological polar surface area (TPSA) is 41.6 Å². The summed E-state index contributed by atoms with van der Waals surface area (Å²) in [4.78, 5) is 6.52. The molecule has 25 heavy (non-hydrogen) atoms. The molecule has 0 aliphatic carbocycles. The number of hydrogen-bond donors (Lipinski definition) is 1. The van der Waals surface area contributed by atoms with Gasteiger partial charge in [-0.1, -0.05) is 96.1 Å². The Kier molecular flexibility index (Phi) is 14.8. The van der Waals surface area contributed by atoms with Gasteiger partial charge in [0.05, 0.1) is 18.9 Å². The van der Waals surface area contributed by atoms with E-state index in [4.69, 9.17) is 5.73 Å². The molecular formula is C22H43N3. The molecule has 0 spiro atoms. The maximum atomic E-state index is 5.86. The fraction of sp³-hybridized carbons (Fsp3) is 0.864. The monoisotopic (exact) mass is 349 g/mol. The maximum Gasteiger partial charge on any atom is 0.0856 e. The molecule has 1 aliphatic heterocycles. The van der Waals surface area contributed by atoms with E-state index < -0.39 is 0 Å². The minimum Gasteiger partial charge on any atom is -0.353 e. The Morgan fingerprint density at radius 1 is 0.920 bits per heavy atom. The number of aliphatic imine (C=N–C) groups is 1. The predicted molar refractivity (Wildman–Crippen MR) is 112 cm³/mol. The number of hydrogen-bond acceptors (Lipinski definition) is 3. The summed E-state index contributed by atoms with van der Waals surface area (Å²) >= 11 is 0. The SMILES string of the molecule is CCCCCCCCCCCCCCC/C=C/C(CN)N1C=NCC1. The van der Waals surface area contributed by atoms with Crippen molar-refractivity contribution in [3.8, 4) is 0 Å². The highest BCUT2D eigenvalue weighted by molar-refractivity contribution is 5.58. The van der Waals surface area contributed by atoms with Crippen LogP contribution in [0.2, 0.25) is 0 Å². The van der Waals surface area contributed by atoms with Gasteiger partial charge >= 0.3 is 0 Å². The molecule has 0 aromatic carbocycles. The van der Waals surface area contributed by atoms with Crippen LogP contribution in [0.5, 0.6) is 0 Å².